The fraction of sp³-hybridized carbons (Fsp3) is 0.111. The molecule has 0 radical (unpaired) electrons. The number of hydrogen-bond acceptors (Lipinski definition) is 5. The summed E-state index contributed by atoms with van der Waals surface area (Å²) >= 11 is 1.66. The van der Waals surface area contributed by atoms with E-state index in [1.807, 2.05) is 44.3 Å². The molecular formula is C27H22N6OS. The highest BCUT2D eigenvalue weighted by atomic mass is 32.1. The highest BCUT2D eigenvalue weighted by Gasteiger charge is 2.15. The second-order valence-corrected chi connectivity index (χ2v) is 9.53. The van der Waals surface area contributed by atoms with Gasteiger partial charge in [-0.25, -0.2) is 0 Å². The predicted octanol–water partition coefficient (Wildman–Crippen LogP) is 6.49. The number of amides is 1. The first-order chi connectivity index (χ1) is 17.1. The molecule has 0 fully saturated rings. The molecule has 1 aromatic carbocycles. The number of carbonyl (C=O) groups is 1. The van der Waals surface area contributed by atoms with Crippen LogP contribution in [-0.2, 0) is 4.79 Å². The number of nitrogens with one attached hydrogen (secondary N) is 3. The molecule has 35 heavy (non-hydrogen) atoms. The summed E-state index contributed by atoms with van der Waals surface area (Å²) in [5.41, 5.74) is 8.37. The van der Waals surface area contributed by atoms with E-state index in [9.17, 15) is 4.79 Å². The van der Waals surface area contributed by atoms with Crippen molar-refractivity contribution in [3.63, 3.8) is 0 Å². The lowest BCUT2D eigenvalue weighted by Crippen LogP contribution is -2.17. The van der Waals surface area contributed by atoms with E-state index in [-0.39, 0.29) is 11.8 Å². The minimum absolute atomic E-state index is 0.0355. The first kappa shape index (κ1) is 21.2. The third-order valence-corrected chi connectivity index (χ3v) is 6.71. The summed E-state index contributed by atoms with van der Waals surface area (Å²) in [5, 5.41) is 16.9. The summed E-state index contributed by atoms with van der Waals surface area (Å²) in [6.07, 6.45) is 5.29. The van der Waals surface area contributed by atoms with Crippen LogP contribution in [0.25, 0.3) is 55.6 Å². The molecule has 5 heterocycles. The standard InChI is InChI=1S/C27H22N6OS/c1-15(2)27(34)30-19-9-18(12-28-13-19)16-3-4-23-20(10-16)26(33-32-23)24-11-21-22(31-24)5-7-29-25(21)17-6-8-35-14-17/h3-15,31H,1-2H3,(H,30,34)(H,32,33). The monoisotopic (exact) mass is 478 g/mol. The van der Waals surface area contributed by atoms with Crippen molar-refractivity contribution in [2.45, 2.75) is 13.8 Å². The SMILES string of the molecule is CC(C)C(=O)Nc1cncc(-c2ccc3[nH]nc(-c4cc5c(-c6ccsc6)nccc5[nH]4)c3c2)c1. The van der Waals surface area contributed by atoms with E-state index < -0.39 is 0 Å². The van der Waals surface area contributed by atoms with E-state index >= 15 is 0 Å². The van der Waals surface area contributed by atoms with E-state index in [1.54, 1.807) is 23.7 Å². The molecule has 0 bridgehead atoms. The summed E-state index contributed by atoms with van der Waals surface area (Å²) in [6.45, 7) is 3.73. The van der Waals surface area contributed by atoms with Crippen LogP contribution in [0.3, 0.4) is 0 Å². The quantitative estimate of drug-likeness (QED) is 0.264. The molecule has 5 aromatic heterocycles. The number of carbonyl (C=O) groups excluding carboxylic acids is 1. The maximum absolute atomic E-state index is 12.1. The van der Waals surface area contributed by atoms with E-state index in [0.717, 1.165) is 55.6 Å². The van der Waals surface area contributed by atoms with Crippen molar-refractivity contribution in [1.29, 1.82) is 0 Å². The highest BCUT2D eigenvalue weighted by Crippen LogP contribution is 2.35. The number of rotatable bonds is 5. The summed E-state index contributed by atoms with van der Waals surface area (Å²) in [6, 6.07) is 14.3. The zero-order valence-corrected chi connectivity index (χ0v) is 20.0. The lowest BCUT2D eigenvalue weighted by atomic mass is 10.0. The molecule has 0 unspecified atom stereocenters. The molecule has 0 aliphatic rings. The van der Waals surface area contributed by atoms with Crippen molar-refractivity contribution in [1.82, 2.24) is 25.1 Å². The van der Waals surface area contributed by atoms with Crippen LogP contribution in [-0.4, -0.2) is 31.1 Å². The molecule has 3 N–H and O–H groups in total. The van der Waals surface area contributed by atoms with Crippen LogP contribution >= 0.6 is 11.3 Å². The highest BCUT2D eigenvalue weighted by molar-refractivity contribution is 7.08. The molecule has 0 aliphatic carbocycles. The minimum atomic E-state index is -0.102. The van der Waals surface area contributed by atoms with Gasteiger partial charge in [0.1, 0.15) is 5.69 Å². The molecule has 172 valence electrons. The number of aromatic nitrogens is 5. The Bertz CT molecular complexity index is 1680. The largest absolute Gasteiger partial charge is 0.353 e. The predicted molar refractivity (Wildman–Crippen MR) is 141 cm³/mol. The Balaban J connectivity index is 1.41. The zero-order valence-electron chi connectivity index (χ0n) is 19.2. The Morgan fingerprint density at radius 3 is 2.66 bits per heavy atom. The average molecular weight is 479 g/mol. The topological polar surface area (TPSA) is 99.3 Å². The van der Waals surface area contributed by atoms with Gasteiger partial charge < -0.3 is 10.3 Å². The van der Waals surface area contributed by atoms with Crippen molar-refractivity contribution in [2.75, 3.05) is 5.32 Å². The number of aromatic amines is 2. The van der Waals surface area contributed by atoms with Crippen LogP contribution in [0.5, 0.6) is 0 Å². The zero-order chi connectivity index (χ0) is 23.9. The molecule has 0 spiro atoms. The number of fused-ring (bicyclic) bond motifs is 2. The molecule has 0 aliphatic heterocycles. The van der Waals surface area contributed by atoms with Crippen molar-refractivity contribution < 1.29 is 4.79 Å². The average Bonchev–Trinajstić information content (AvgIpc) is 3.62. The third-order valence-electron chi connectivity index (χ3n) is 6.02. The summed E-state index contributed by atoms with van der Waals surface area (Å²) in [7, 11) is 0. The van der Waals surface area contributed by atoms with Gasteiger partial charge in [-0.15, -0.1) is 0 Å². The Hall–Kier alpha value is -4.30. The molecule has 6 aromatic rings. The van der Waals surface area contributed by atoms with E-state index in [2.05, 4.69) is 59.4 Å². The lowest BCUT2D eigenvalue weighted by molar-refractivity contribution is -0.118. The van der Waals surface area contributed by atoms with Crippen molar-refractivity contribution in [2.24, 2.45) is 5.92 Å². The molecule has 1 amide bonds. The smallest absolute Gasteiger partial charge is 0.226 e. The van der Waals surface area contributed by atoms with Crippen LogP contribution in [0, 0.1) is 5.92 Å². The van der Waals surface area contributed by atoms with Crippen LogP contribution in [0.1, 0.15) is 13.8 Å². The van der Waals surface area contributed by atoms with Gasteiger partial charge in [-0.1, -0.05) is 19.9 Å². The van der Waals surface area contributed by atoms with E-state index in [0.29, 0.717) is 5.69 Å². The normalized spacial score (nSPS) is 11.5. The number of pyridine rings is 2. The second kappa shape index (κ2) is 8.48. The fourth-order valence-electron chi connectivity index (χ4n) is 4.16. The molecule has 8 heteroatoms. The van der Waals surface area contributed by atoms with Gasteiger partial charge in [0, 0.05) is 51.1 Å². The van der Waals surface area contributed by atoms with Crippen LogP contribution in [0.15, 0.2) is 71.8 Å². The van der Waals surface area contributed by atoms with Gasteiger partial charge in [0.05, 0.1) is 28.8 Å². The number of benzene rings is 1. The Morgan fingerprint density at radius 1 is 0.943 bits per heavy atom. The summed E-state index contributed by atoms with van der Waals surface area (Å²) in [4.78, 5) is 24.6. The Morgan fingerprint density at radius 2 is 1.83 bits per heavy atom. The third kappa shape index (κ3) is 3.87. The van der Waals surface area contributed by atoms with Gasteiger partial charge >= 0.3 is 0 Å². The fourth-order valence-corrected chi connectivity index (χ4v) is 4.80. The first-order valence-corrected chi connectivity index (χ1v) is 12.3. The van der Waals surface area contributed by atoms with Gasteiger partial charge in [-0.3, -0.25) is 19.9 Å². The Kier molecular flexibility index (Phi) is 5.15. The number of anilines is 1. The summed E-state index contributed by atoms with van der Waals surface area (Å²) < 4.78 is 0. The van der Waals surface area contributed by atoms with E-state index in [4.69, 9.17) is 0 Å². The molecular weight excluding hydrogens is 456 g/mol. The number of H-pyrrole nitrogens is 2. The molecule has 7 nitrogen and oxygen atoms in total. The Labute approximate surface area is 205 Å². The van der Waals surface area contributed by atoms with Crippen LogP contribution in [0.4, 0.5) is 5.69 Å². The summed E-state index contributed by atoms with van der Waals surface area (Å²) in [5.74, 6) is -0.137. The van der Waals surface area contributed by atoms with Gasteiger partial charge in [-0.05, 0) is 47.3 Å². The van der Waals surface area contributed by atoms with Crippen LogP contribution < -0.4 is 5.32 Å². The van der Waals surface area contributed by atoms with Gasteiger partial charge in [-0.2, -0.15) is 16.4 Å². The molecule has 6 rings (SSSR count). The lowest BCUT2D eigenvalue weighted by Gasteiger charge is -2.09. The number of thiophene rings is 1. The minimum Gasteiger partial charge on any atom is -0.353 e. The van der Waals surface area contributed by atoms with Crippen molar-refractivity contribution >= 4 is 44.7 Å². The van der Waals surface area contributed by atoms with Crippen molar-refractivity contribution in [3.05, 3.63) is 71.8 Å². The second-order valence-electron chi connectivity index (χ2n) is 8.75. The van der Waals surface area contributed by atoms with Gasteiger partial charge in [0.2, 0.25) is 5.91 Å². The van der Waals surface area contributed by atoms with Crippen molar-refractivity contribution in [3.8, 4) is 33.8 Å². The molecule has 0 atom stereocenters. The van der Waals surface area contributed by atoms with Crippen LogP contribution in [0.2, 0.25) is 0 Å². The number of nitrogens with zero attached hydrogens (tertiary/aromatic N) is 3. The van der Waals surface area contributed by atoms with Gasteiger partial charge in [0.25, 0.3) is 0 Å². The number of hydrogen-bond donors (Lipinski definition) is 3. The molecule has 0 saturated carbocycles. The molecule has 0 saturated heterocycles. The maximum Gasteiger partial charge on any atom is 0.226 e. The first-order valence-electron chi connectivity index (χ1n) is 11.3. The van der Waals surface area contributed by atoms with E-state index in [1.165, 1.54) is 0 Å². The van der Waals surface area contributed by atoms with Gasteiger partial charge in [0.15, 0.2) is 0 Å². The maximum atomic E-state index is 12.1.